The summed E-state index contributed by atoms with van der Waals surface area (Å²) in [5.41, 5.74) is -0.493. The van der Waals surface area contributed by atoms with Gasteiger partial charge in [0.1, 0.15) is 16.6 Å². The predicted molar refractivity (Wildman–Crippen MR) is 94.5 cm³/mol. The standard InChI is InChI=1S/C16H23BrN2O3S/c1-16(2,3)22-15(20)18-13-7-9-19(10-8-13)23(21)14-6-4-5-12(17)11-14/h4-6,11,13H,7-10H2,1-3H3,(H,18,20). The zero-order valence-corrected chi connectivity index (χ0v) is 16.1. The third-order valence-corrected chi connectivity index (χ3v) is 5.39. The summed E-state index contributed by atoms with van der Waals surface area (Å²) in [5.74, 6) is 0. The van der Waals surface area contributed by atoms with Crippen molar-refractivity contribution in [2.45, 2.75) is 50.2 Å². The van der Waals surface area contributed by atoms with Crippen LogP contribution in [0.1, 0.15) is 33.6 Å². The molecular weight excluding hydrogens is 380 g/mol. The molecule has 1 aliphatic rings. The molecule has 23 heavy (non-hydrogen) atoms. The molecule has 1 aromatic carbocycles. The highest BCUT2D eigenvalue weighted by molar-refractivity contribution is 9.10. The Morgan fingerprint density at radius 1 is 1.35 bits per heavy atom. The van der Waals surface area contributed by atoms with Crippen LogP contribution in [0.2, 0.25) is 0 Å². The first-order valence-electron chi connectivity index (χ1n) is 7.66. The second-order valence-corrected chi connectivity index (χ2v) is 8.96. The van der Waals surface area contributed by atoms with Crippen LogP contribution in [0.4, 0.5) is 4.79 Å². The first-order valence-corrected chi connectivity index (χ1v) is 9.56. The molecule has 1 atom stereocenters. The fourth-order valence-electron chi connectivity index (χ4n) is 2.36. The number of nitrogens with one attached hydrogen (secondary N) is 1. The van der Waals surface area contributed by atoms with Crippen LogP contribution in [0.15, 0.2) is 33.6 Å². The van der Waals surface area contributed by atoms with Gasteiger partial charge in [-0.05, 0) is 51.8 Å². The fraction of sp³-hybridized carbons (Fsp3) is 0.562. The van der Waals surface area contributed by atoms with Gasteiger partial charge in [-0.25, -0.2) is 13.3 Å². The third-order valence-electron chi connectivity index (χ3n) is 3.41. The summed E-state index contributed by atoms with van der Waals surface area (Å²) >= 11 is 3.40. The normalized spacial score (nSPS) is 18.4. The molecule has 5 nitrogen and oxygen atoms in total. The minimum atomic E-state index is -1.16. The van der Waals surface area contributed by atoms with Crippen molar-refractivity contribution in [2.24, 2.45) is 0 Å². The van der Waals surface area contributed by atoms with E-state index in [1.54, 1.807) is 0 Å². The van der Waals surface area contributed by atoms with Crippen LogP contribution in [0.3, 0.4) is 0 Å². The number of amides is 1. The average Bonchev–Trinajstić information content (AvgIpc) is 2.45. The minimum absolute atomic E-state index is 0.0700. The lowest BCUT2D eigenvalue weighted by Crippen LogP contribution is -2.46. The van der Waals surface area contributed by atoms with Gasteiger partial charge in [-0.3, -0.25) is 0 Å². The number of piperidine rings is 1. The molecule has 0 bridgehead atoms. The lowest BCUT2D eigenvalue weighted by molar-refractivity contribution is 0.0490. The van der Waals surface area contributed by atoms with Gasteiger partial charge in [-0.15, -0.1) is 0 Å². The lowest BCUT2D eigenvalue weighted by atomic mass is 10.1. The SMILES string of the molecule is CC(C)(C)OC(=O)NC1CCN(S(=O)c2cccc(Br)c2)CC1. The zero-order valence-electron chi connectivity index (χ0n) is 13.7. The highest BCUT2D eigenvalue weighted by atomic mass is 79.9. The summed E-state index contributed by atoms with van der Waals surface area (Å²) in [4.78, 5) is 12.6. The topological polar surface area (TPSA) is 58.6 Å². The van der Waals surface area contributed by atoms with Gasteiger partial charge in [-0.2, -0.15) is 0 Å². The molecule has 1 amide bonds. The van der Waals surface area contributed by atoms with Crippen LogP contribution in [0.5, 0.6) is 0 Å². The van der Waals surface area contributed by atoms with Crippen LogP contribution < -0.4 is 5.32 Å². The summed E-state index contributed by atoms with van der Waals surface area (Å²) in [5, 5.41) is 2.89. The maximum absolute atomic E-state index is 12.6. The fourth-order valence-corrected chi connectivity index (χ4v) is 4.18. The Morgan fingerprint density at radius 2 is 2.00 bits per heavy atom. The molecule has 1 saturated heterocycles. The first-order chi connectivity index (χ1) is 10.7. The van der Waals surface area contributed by atoms with Crippen LogP contribution in [0.25, 0.3) is 0 Å². The number of alkyl carbamates (subject to hydrolysis) is 1. The molecule has 0 radical (unpaired) electrons. The molecule has 0 aliphatic carbocycles. The average molecular weight is 403 g/mol. The smallest absolute Gasteiger partial charge is 0.407 e. The van der Waals surface area contributed by atoms with Crippen molar-refractivity contribution in [3.8, 4) is 0 Å². The van der Waals surface area contributed by atoms with E-state index < -0.39 is 16.6 Å². The summed E-state index contributed by atoms with van der Waals surface area (Å²) < 4.78 is 20.7. The van der Waals surface area contributed by atoms with Gasteiger partial charge in [0, 0.05) is 23.6 Å². The van der Waals surface area contributed by atoms with E-state index >= 15 is 0 Å². The highest BCUT2D eigenvalue weighted by Gasteiger charge is 2.26. The van der Waals surface area contributed by atoms with Crippen LogP contribution in [-0.4, -0.2) is 39.3 Å². The van der Waals surface area contributed by atoms with Crippen molar-refractivity contribution in [1.82, 2.24) is 9.62 Å². The Morgan fingerprint density at radius 3 is 2.57 bits per heavy atom. The molecule has 128 valence electrons. The van der Waals surface area contributed by atoms with E-state index in [0.29, 0.717) is 13.1 Å². The maximum Gasteiger partial charge on any atom is 0.407 e. The molecule has 1 aromatic rings. The van der Waals surface area contributed by atoms with E-state index in [1.165, 1.54) is 0 Å². The van der Waals surface area contributed by atoms with Gasteiger partial charge in [-0.1, -0.05) is 22.0 Å². The van der Waals surface area contributed by atoms with E-state index in [-0.39, 0.29) is 12.1 Å². The molecule has 2 rings (SSSR count). The number of ether oxygens (including phenoxy) is 1. The predicted octanol–water partition coefficient (Wildman–Crippen LogP) is 3.46. The van der Waals surface area contributed by atoms with E-state index in [9.17, 15) is 9.00 Å². The number of hydrogen-bond acceptors (Lipinski definition) is 3. The van der Waals surface area contributed by atoms with Crippen molar-refractivity contribution in [3.63, 3.8) is 0 Å². The van der Waals surface area contributed by atoms with Gasteiger partial charge in [0.15, 0.2) is 0 Å². The largest absolute Gasteiger partial charge is 0.444 e. The van der Waals surface area contributed by atoms with Crippen molar-refractivity contribution < 1.29 is 13.7 Å². The third kappa shape index (κ3) is 5.90. The maximum atomic E-state index is 12.6. The van der Waals surface area contributed by atoms with Crippen LogP contribution in [-0.2, 0) is 15.7 Å². The number of benzene rings is 1. The van der Waals surface area contributed by atoms with Gasteiger partial charge in [0.2, 0.25) is 0 Å². The first kappa shape index (κ1) is 18.4. The molecule has 0 saturated carbocycles. The zero-order chi connectivity index (χ0) is 17.0. The van der Waals surface area contributed by atoms with Gasteiger partial charge in [0.05, 0.1) is 4.90 Å². The van der Waals surface area contributed by atoms with E-state index in [1.807, 2.05) is 49.3 Å². The summed E-state index contributed by atoms with van der Waals surface area (Å²) in [7, 11) is -1.16. The molecule has 1 heterocycles. The monoisotopic (exact) mass is 402 g/mol. The molecule has 1 aliphatic heterocycles. The van der Waals surface area contributed by atoms with E-state index in [2.05, 4.69) is 21.2 Å². The molecule has 1 fully saturated rings. The lowest BCUT2D eigenvalue weighted by Gasteiger charge is -2.31. The van der Waals surface area contributed by atoms with Gasteiger partial charge in [0.25, 0.3) is 0 Å². The van der Waals surface area contributed by atoms with Gasteiger partial charge >= 0.3 is 6.09 Å². The second kappa shape index (κ2) is 7.77. The number of hydrogen-bond donors (Lipinski definition) is 1. The van der Waals surface area contributed by atoms with Crippen LogP contribution in [0, 0.1) is 0 Å². The molecule has 0 aromatic heterocycles. The Kier molecular flexibility index (Phi) is 6.22. The van der Waals surface area contributed by atoms with Crippen molar-refractivity contribution in [3.05, 3.63) is 28.7 Å². The second-order valence-electron chi connectivity index (χ2n) is 6.56. The molecule has 1 unspecified atom stereocenters. The molecular formula is C16H23BrN2O3S. The summed E-state index contributed by atoms with van der Waals surface area (Å²) in [6.07, 6.45) is 1.14. The van der Waals surface area contributed by atoms with Crippen LogP contribution >= 0.6 is 15.9 Å². The molecule has 0 spiro atoms. The van der Waals surface area contributed by atoms with Gasteiger partial charge < -0.3 is 10.1 Å². The minimum Gasteiger partial charge on any atom is -0.444 e. The quantitative estimate of drug-likeness (QED) is 0.841. The Bertz CT molecular complexity index is 581. The number of carbonyl (C=O) groups is 1. The summed E-state index contributed by atoms with van der Waals surface area (Å²) in [6.45, 7) is 6.89. The number of halogens is 1. The number of rotatable bonds is 3. The summed E-state index contributed by atoms with van der Waals surface area (Å²) in [6, 6.07) is 7.61. The Labute approximate surface area is 148 Å². The number of nitrogens with zero attached hydrogens (tertiary/aromatic N) is 1. The van der Waals surface area contributed by atoms with E-state index in [0.717, 1.165) is 22.2 Å². The van der Waals surface area contributed by atoms with E-state index in [4.69, 9.17) is 4.74 Å². The van der Waals surface area contributed by atoms with Crippen molar-refractivity contribution in [1.29, 1.82) is 0 Å². The number of carbonyl (C=O) groups excluding carboxylic acids is 1. The molecule has 7 heteroatoms. The van der Waals surface area contributed by atoms with Crippen molar-refractivity contribution in [2.75, 3.05) is 13.1 Å². The Hall–Kier alpha value is -0.920. The Balaban J connectivity index is 1.84. The highest BCUT2D eigenvalue weighted by Crippen LogP contribution is 2.20. The molecule has 1 N–H and O–H groups in total. The van der Waals surface area contributed by atoms with Crippen molar-refractivity contribution >= 4 is 33.0 Å².